The topological polar surface area (TPSA) is 38.7 Å². The highest BCUT2D eigenvalue weighted by Gasteiger charge is 2.23. The third kappa shape index (κ3) is 2.63. The molecular weight excluding hydrogens is 310 g/mol. The van der Waals surface area contributed by atoms with Crippen molar-refractivity contribution in [2.45, 2.75) is 37.0 Å². The zero-order chi connectivity index (χ0) is 14.9. The summed E-state index contributed by atoms with van der Waals surface area (Å²) in [5.41, 5.74) is 2.60. The van der Waals surface area contributed by atoms with Crippen molar-refractivity contribution in [3.63, 3.8) is 0 Å². The molecule has 3 aromatic heterocycles. The Hall–Kier alpha value is -1.46. The molecule has 22 heavy (non-hydrogen) atoms. The molecule has 0 radical (unpaired) electrons. The Morgan fingerprint density at radius 3 is 3.09 bits per heavy atom. The minimum atomic E-state index is 0.790. The van der Waals surface area contributed by atoms with Crippen LogP contribution in [0.5, 0.6) is 0 Å². The van der Waals surface area contributed by atoms with Crippen molar-refractivity contribution < 1.29 is 0 Å². The molecule has 0 aromatic carbocycles. The number of pyridine rings is 1. The Kier molecular flexibility index (Phi) is 3.84. The van der Waals surface area contributed by atoms with Gasteiger partial charge in [0.15, 0.2) is 0 Å². The van der Waals surface area contributed by atoms with Gasteiger partial charge in [-0.1, -0.05) is 24.8 Å². The van der Waals surface area contributed by atoms with Crippen LogP contribution in [-0.2, 0) is 18.6 Å². The quantitative estimate of drug-likeness (QED) is 0.524. The summed E-state index contributed by atoms with van der Waals surface area (Å²) in [4.78, 5) is 16.1. The van der Waals surface area contributed by atoms with Gasteiger partial charge in [-0.3, -0.25) is 4.98 Å². The van der Waals surface area contributed by atoms with Crippen LogP contribution in [0, 0.1) is 5.92 Å². The molecule has 4 rings (SSSR count). The van der Waals surface area contributed by atoms with Crippen LogP contribution in [0.1, 0.15) is 29.5 Å². The van der Waals surface area contributed by atoms with Gasteiger partial charge in [-0.05, 0) is 42.9 Å². The lowest BCUT2D eigenvalue weighted by atomic mass is 9.89. The Balaban J connectivity index is 1.69. The lowest BCUT2D eigenvalue weighted by Crippen LogP contribution is -2.08. The van der Waals surface area contributed by atoms with Gasteiger partial charge in [-0.25, -0.2) is 9.97 Å². The molecule has 0 amide bonds. The molecule has 1 aliphatic carbocycles. The van der Waals surface area contributed by atoms with E-state index in [1.54, 1.807) is 18.1 Å². The van der Waals surface area contributed by atoms with Crippen LogP contribution < -0.4 is 0 Å². The number of thioether (sulfide) groups is 1. The van der Waals surface area contributed by atoms with Crippen molar-refractivity contribution in [3.8, 4) is 0 Å². The molecule has 1 aliphatic rings. The lowest BCUT2D eigenvalue weighted by Gasteiger charge is -2.18. The molecule has 3 heterocycles. The second kappa shape index (κ2) is 5.97. The standard InChI is InChI=1S/C17H17N3S2/c1-11-5-6-13-14(8-11)22-17-15(13)16(19-10-20-17)21-9-12-4-2-3-7-18-12/h2-4,7,10-11H,5-6,8-9H2,1H3/t11-/m0/s1. The molecule has 0 N–H and O–H groups in total. The predicted molar refractivity (Wildman–Crippen MR) is 92.4 cm³/mol. The fourth-order valence-corrected chi connectivity index (χ4v) is 5.34. The third-order valence-electron chi connectivity index (χ3n) is 4.14. The molecule has 0 bridgehead atoms. The number of aromatic nitrogens is 3. The van der Waals surface area contributed by atoms with Crippen molar-refractivity contribution in [2.75, 3.05) is 0 Å². The van der Waals surface area contributed by atoms with E-state index in [0.29, 0.717) is 0 Å². The van der Waals surface area contributed by atoms with Crippen molar-refractivity contribution in [1.82, 2.24) is 15.0 Å². The number of hydrogen-bond donors (Lipinski definition) is 0. The summed E-state index contributed by atoms with van der Waals surface area (Å²) < 4.78 is 0. The second-order valence-electron chi connectivity index (χ2n) is 5.82. The highest BCUT2D eigenvalue weighted by atomic mass is 32.2. The summed E-state index contributed by atoms with van der Waals surface area (Å²) in [6, 6.07) is 6.05. The van der Waals surface area contributed by atoms with Crippen molar-refractivity contribution >= 4 is 33.3 Å². The van der Waals surface area contributed by atoms with Gasteiger partial charge in [0.2, 0.25) is 0 Å². The number of aryl methyl sites for hydroxylation is 1. The van der Waals surface area contributed by atoms with E-state index < -0.39 is 0 Å². The maximum atomic E-state index is 4.55. The van der Waals surface area contributed by atoms with Crippen LogP contribution in [0.2, 0.25) is 0 Å². The van der Waals surface area contributed by atoms with Gasteiger partial charge in [0, 0.05) is 22.2 Å². The SMILES string of the molecule is C[C@H]1CCc2c(sc3ncnc(SCc4ccccn4)c23)C1. The van der Waals surface area contributed by atoms with E-state index in [0.717, 1.165) is 27.2 Å². The lowest BCUT2D eigenvalue weighted by molar-refractivity contribution is 0.509. The highest BCUT2D eigenvalue weighted by Crippen LogP contribution is 2.40. The molecule has 0 aliphatic heterocycles. The first-order valence-electron chi connectivity index (χ1n) is 7.59. The first-order chi connectivity index (χ1) is 10.8. The van der Waals surface area contributed by atoms with Gasteiger partial charge in [0.05, 0.1) is 5.69 Å². The third-order valence-corrected chi connectivity index (χ3v) is 6.33. The summed E-state index contributed by atoms with van der Waals surface area (Å²) in [6.07, 6.45) is 7.19. The van der Waals surface area contributed by atoms with Crippen LogP contribution in [-0.4, -0.2) is 15.0 Å². The van der Waals surface area contributed by atoms with Gasteiger partial charge in [0.25, 0.3) is 0 Å². The number of rotatable bonds is 3. The minimum absolute atomic E-state index is 0.790. The maximum Gasteiger partial charge on any atom is 0.128 e. The Morgan fingerprint density at radius 2 is 2.23 bits per heavy atom. The number of thiophene rings is 1. The summed E-state index contributed by atoms with van der Waals surface area (Å²) in [5.74, 6) is 1.65. The summed E-state index contributed by atoms with van der Waals surface area (Å²) >= 11 is 3.63. The van der Waals surface area contributed by atoms with E-state index in [9.17, 15) is 0 Å². The fraction of sp³-hybridized carbons (Fsp3) is 0.353. The minimum Gasteiger partial charge on any atom is -0.260 e. The molecular formula is C17H17N3S2. The van der Waals surface area contributed by atoms with Crippen LogP contribution >= 0.6 is 23.1 Å². The van der Waals surface area contributed by atoms with Crippen molar-refractivity contribution in [2.24, 2.45) is 5.92 Å². The van der Waals surface area contributed by atoms with Gasteiger partial charge in [-0.15, -0.1) is 11.3 Å². The van der Waals surface area contributed by atoms with E-state index in [-0.39, 0.29) is 0 Å². The van der Waals surface area contributed by atoms with Gasteiger partial charge < -0.3 is 0 Å². The molecule has 0 fully saturated rings. The molecule has 0 saturated carbocycles. The zero-order valence-corrected chi connectivity index (χ0v) is 14.1. The van der Waals surface area contributed by atoms with Gasteiger partial charge in [-0.2, -0.15) is 0 Å². The fourth-order valence-electron chi connectivity index (χ4n) is 2.98. The molecule has 0 saturated heterocycles. The monoisotopic (exact) mass is 327 g/mol. The number of fused-ring (bicyclic) bond motifs is 3. The largest absolute Gasteiger partial charge is 0.260 e. The number of nitrogens with zero attached hydrogens (tertiary/aromatic N) is 3. The summed E-state index contributed by atoms with van der Waals surface area (Å²) in [5, 5.41) is 2.41. The van der Waals surface area contributed by atoms with E-state index in [4.69, 9.17) is 0 Å². The molecule has 3 nitrogen and oxygen atoms in total. The van der Waals surface area contributed by atoms with E-state index in [2.05, 4.69) is 27.9 Å². The maximum absolute atomic E-state index is 4.55. The van der Waals surface area contributed by atoms with E-state index >= 15 is 0 Å². The van der Waals surface area contributed by atoms with Crippen molar-refractivity contribution in [3.05, 3.63) is 46.9 Å². The van der Waals surface area contributed by atoms with Crippen LogP contribution in [0.25, 0.3) is 10.2 Å². The van der Waals surface area contributed by atoms with Gasteiger partial charge in [0.1, 0.15) is 16.2 Å². The highest BCUT2D eigenvalue weighted by molar-refractivity contribution is 7.98. The van der Waals surface area contributed by atoms with Crippen molar-refractivity contribution in [1.29, 1.82) is 0 Å². The smallest absolute Gasteiger partial charge is 0.128 e. The molecule has 1 atom stereocenters. The molecule has 0 spiro atoms. The van der Waals surface area contributed by atoms with Gasteiger partial charge >= 0.3 is 0 Å². The number of hydrogen-bond acceptors (Lipinski definition) is 5. The Labute approximate surface area is 138 Å². The van der Waals surface area contributed by atoms with E-state index in [1.807, 2.05) is 29.7 Å². The Bertz CT molecular complexity index is 798. The summed E-state index contributed by atoms with van der Waals surface area (Å²) in [7, 11) is 0. The van der Waals surface area contributed by atoms with E-state index in [1.165, 1.54) is 35.1 Å². The molecule has 112 valence electrons. The van der Waals surface area contributed by atoms with Crippen LogP contribution in [0.15, 0.2) is 35.7 Å². The molecule has 3 aromatic rings. The molecule has 5 heteroatoms. The normalized spacial score (nSPS) is 17.6. The predicted octanol–water partition coefficient (Wildman–Crippen LogP) is 4.50. The van der Waals surface area contributed by atoms with Crippen LogP contribution in [0.4, 0.5) is 0 Å². The average Bonchev–Trinajstić information content (AvgIpc) is 2.91. The molecule has 0 unspecified atom stereocenters. The average molecular weight is 327 g/mol. The first-order valence-corrected chi connectivity index (χ1v) is 9.39. The van der Waals surface area contributed by atoms with Crippen LogP contribution in [0.3, 0.4) is 0 Å². The zero-order valence-electron chi connectivity index (χ0n) is 12.5. The first kappa shape index (κ1) is 14.2. The second-order valence-corrected chi connectivity index (χ2v) is 7.87. The summed E-state index contributed by atoms with van der Waals surface area (Å²) in [6.45, 7) is 2.34. The Morgan fingerprint density at radius 1 is 1.27 bits per heavy atom.